The number of aliphatic hydroxyl groups is 1. The van der Waals surface area contributed by atoms with Gasteiger partial charge in [-0.1, -0.05) is 51.1 Å². The molecule has 1 N–H and O–H groups in total. The highest BCUT2D eigenvalue weighted by Gasteiger charge is 2.19. The minimum atomic E-state index is -0.739. The van der Waals surface area contributed by atoms with Crippen LogP contribution in [0.3, 0.4) is 0 Å². The minimum absolute atomic E-state index is 0.138. The SMILES string of the molecule is CCC(O)(/C=C/CC(C)c1cccc(OCc2ccc(C(=O)OC)c(C(=O)OC)c2)c1)CC. The average Bonchev–Trinajstić information content (AvgIpc) is 2.86. The number of carbonyl (C=O) groups excluding carboxylic acids is 2. The minimum Gasteiger partial charge on any atom is -0.489 e. The van der Waals surface area contributed by atoms with Crippen LogP contribution >= 0.6 is 0 Å². The smallest absolute Gasteiger partial charge is 0.338 e. The summed E-state index contributed by atoms with van der Waals surface area (Å²) in [6.45, 7) is 6.32. The van der Waals surface area contributed by atoms with Crippen LogP contribution in [0.5, 0.6) is 5.75 Å². The molecule has 0 aliphatic carbocycles. The van der Waals surface area contributed by atoms with E-state index in [9.17, 15) is 14.7 Å². The maximum Gasteiger partial charge on any atom is 0.338 e. The monoisotopic (exact) mass is 454 g/mol. The molecular formula is C27H34O6. The number of ether oxygens (including phenoxy) is 3. The van der Waals surface area contributed by atoms with E-state index >= 15 is 0 Å². The highest BCUT2D eigenvalue weighted by Crippen LogP contribution is 2.26. The molecular weight excluding hydrogens is 420 g/mol. The number of allylic oxidation sites excluding steroid dienone is 1. The fourth-order valence-corrected chi connectivity index (χ4v) is 3.44. The van der Waals surface area contributed by atoms with Crippen molar-refractivity contribution in [2.75, 3.05) is 14.2 Å². The Labute approximate surface area is 196 Å². The summed E-state index contributed by atoms with van der Waals surface area (Å²) in [7, 11) is 2.53. The third-order valence-electron chi connectivity index (χ3n) is 5.87. The molecule has 33 heavy (non-hydrogen) atoms. The molecule has 0 aromatic heterocycles. The van der Waals surface area contributed by atoms with Crippen LogP contribution in [-0.4, -0.2) is 36.9 Å². The van der Waals surface area contributed by atoms with Gasteiger partial charge in [-0.2, -0.15) is 0 Å². The zero-order valence-corrected chi connectivity index (χ0v) is 20.1. The lowest BCUT2D eigenvalue weighted by Gasteiger charge is -2.20. The van der Waals surface area contributed by atoms with Crippen LogP contribution in [0.25, 0.3) is 0 Å². The van der Waals surface area contributed by atoms with Crippen LogP contribution in [0, 0.1) is 0 Å². The Morgan fingerprint density at radius 3 is 2.30 bits per heavy atom. The second kappa shape index (κ2) is 12.2. The summed E-state index contributed by atoms with van der Waals surface area (Å²) < 4.78 is 15.5. The lowest BCUT2D eigenvalue weighted by atomic mass is 9.93. The normalized spacial score (nSPS) is 12.4. The van der Waals surface area contributed by atoms with Gasteiger partial charge in [-0.25, -0.2) is 9.59 Å². The summed E-state index contributed by atoms with van der Waals surface area (Å²) in [6.07, 6.45) is 6.14. The van der Waals surface area contributed by atoms with E-state index < -0.39 is 17.5 Å². The summed E-state index contributed by atoms with van der Waals surface area (Å²) in [4.78, 5) is 24.0. The van der Waals surface area contributed by atoms with E-state index in [0.29, 0.717) is 18.6 Å². The number of hydrogen-bond donors (Lipinski definition) is 1. The number of carbonyl (C=O) groups is 2. The molecule has 1 atom stereocenters. The molecule has 0 aliphatic rings. The van der Waals surface area contributed by atoms with E-state index in [4.69, 9.17) is 14.2 Å². The van der Waals surface area contributed by atoms with Crippen molar-refractivity contribution in [2.24, 2.45) is 0 Å². The van der Waals surface area contributed by atoms with Gasteiger partial charge in [0.15, 0.2) is 0 Å². The molecule has 0 bridgehead atoms. The lowest BCUT2D eigenvalue weighted by Crippen LogP contribution is -2.22. The molecule has 0 spiro atoms. The fourth-order valence-electron chi connectivity index (χ4n) is 3.44. The second-order valence-corrected chi connectivity index (χ2v) is 8.07. The summed E-state index contributed by atoms with van der Waals surface area (Å²) >= 11 is 0. The Hall–Kier alpha value is -3.12. The van der Waals surface area contributed by atoms with E-state index in [-0.39, 0.29) is 23.7 Å². The average molecular weight is 455 g/mol. The summed E-state index contributed by atoms with van der Waals surface area (Å²) in [5, 5.41) is 10.4. The Morgan fingerprint density at radius 1 is 1.00 bits per heavy atom. The van der Waals surface area contributed by atoms with Gasteiger partial charge in [0.05, 0.1) is 30.9 Å². The molecule has 2 aromatic carbocycles. The molecule has 0 fully saturated rings. The van der Waals surface area contributed by atoms with Crippen LogP contribution < -0.4 is 4.74 Å². The van der Waals surface area contributed by atoms with E-state index in [1.807, 2.05) is 44.2 Å². The quantitative estimate of drug-likeness (QED) is 0.360. The first-order chi connectivity index (χ1) is 15.8. The molecule has 6 heteroatoms. The Balaban J connectivity index is 2.09. The van der Waals surface area contributed by atoms with Gasteiger partial charge in [-0.3, -0.25) is 0 Å². The van der Waals surface area contributed by atoms with Crippen molar-refractivity contribution in [3.05, 3.63) is 76.9 Å². The summed E-state index contributed by atoms with van der Waals surface area (Å²) in [6, 6.07) is 12.7. The first-order valence-electron chi connectivity index (χ1n) is 11.2. The highest BCUT2D eigenvalue weighted by molar-refractivity contribution is 6.03. The van der Waals surface area contributed by atoms with Gasteiger partial charge in [0.2, 0.25) is 0 Å². The van der Waals surface area contributed by atoms with Crippen molar-refractivity contribution in [3.63, 3.8) is 0 Å². The standard InChI is InChI=1S/C27H34O6/c1-6-27(30,7-2)15-9-10-19(3)21-11-8-12-22(17-21)33-18-20-13-14-23(25(28)31-4)24(16-20)26(29)32-5/h8-9,11-17,19,30H,6-7,10,18H2,1-5H3/b15-9+. The Kier molecular flexibility index (Phi) is 9.67. The van der Waals surface area contributed by atoms with Crippen LogP contribution in [0.2, 0.25) is 0 Å². The van der Waals surface area contributed by atoms with Crippen LogP contribution in [0.4, 0.5) is 0 Å². The number of methoxy groups -OCH3 is 2. The predicted octanol–water partition coefficient (Wildman–Crippen LogP) is 5.44. The van der Waals surface area contributed by atoms with E-state index in [2.05, 4.69) is 13.0 Å². The van der Waals surface area contributed by atoms with E-state index in [1.165, 1.54) is 20.3 Å². The largest absolute Gasteiger partial charge is 0.489 e. The van der Waals surface area contributed by atoms with Crippen LogP contribution in [0.15, 0.2) is 54.6 Å². The van der Waals surface area contributed by atoms with Crippen LogP contribution in [0.1, 0.15) is 77.8 Å². The molecule has 0 radical (unpaired) electrons. The molecule has 0 amide bonds. The molecule has 0 aliphatic heterocycles. The van der Waals surface area contributed by atoms with Gasteiger partial charge in [-0.15, -0.1) is 0 Å². The predicted molar refractivity (Wildman–Crippen MR) is 128 cm³/mol. The van der Waals surface area contributed by atoms with Gasteiger partial charge in [0.25, 0.3) is 0 Å². The van der Waals surface area contributed by atoms with Crippen molar-refractivity contribution >= 4 is 11.9 Å². The fraction of sp³-hybridized carbons (Fsp3) is 0.407. The topological polar surface area (TPSA) is 82.1 Å². The van der Waals surface area contributed by atoms with Crippen molar-refractivity contribution in [2.45, 2.75) is 58.2 Å². The molecule has 1 unspecified atom stereocenters. The number of rotatable bonds is 11. The van der Waals surface area contributed by atoms with Gasteiger partial charge < -0.3 is 19.3 Å². The van der Waals surface area contributed by atoms with E-state index in [1.54, 1.807) is 12.1 Å². The number of hydrogen-bond acceptors (Lipinski definition) is 6. The summed E-state index contributed by atoms with van der Waals surface area (Å²) in [5.74, 6) is -0.249. The zero-order chi connectivity index (χ0) is 24.4. The molecule has 2 aromatic rings. The molecule has 0 saturated carbocycles. The van der Waals surface area contributed by atoms with Crippen molar-refractivity contribution in [1.29, 1.82) is 0 Å². The molecule has 178 valence electrons. The van der Waals surface area contributed by atoms with Crippen molar-refractivity contribution < 1.29 is 28.9 Å². The first kappa shape index (κ1) is 26.1. The second-order valence-electron chi connectivity index (χ2n) is 8.07. The van der Waals surface area contributed by atoms with Gasteiger partial charge >= 0.3 is 11.9 Å². The van der Waals surface area contributed by atoms with Gasteiger partial charge in [-0.05, 0) is 60.6 Å². The molecule has 2 rings (SSSR count). The lowest BCUT2D eigenvalue weighted by molar-refractivity contribution is 0.0555. The van der Waals surface area contributed by atoms with Crippen LogP contribution in [-0.2, 0) is 16.1 Å². The number of benzene rings is 2. The molecule has 0 heterocycles. The highest BCUT2D eigenvalue weighted by atomic mass is 16.5. The Morgan fingerprint density at radius 2 is 1.67 bits per heavy atom. The third kappa shape index (κ3) is 7.19. The maximum atomic E-state index is 12.1. The Bertz CT molecular complexity index is 974. The van der Waals surface area contributed by atoms with Crippen molar-refractivity contribution in [3.8, 4) is 5.75 Å². The third-order valence-corrected chi connectivity index (χ3v) is 5.87. The van der Waals surface area contributed by atoms with Gasteiger partial charge in [0, 0.05) is 0 Å². The molecule has 0 saturated heterocycles. The van der Waals surface area contributed by atoms with E-state index in [0.717, 1.165) is 17.5 Å². The molecule has 6 nitrogen and oxygen atoms in total. The number of esters is 2. The maximum absolute atomic E-state index is 12.1. The zero-order valence-electron chi connectivity index (χ0n) is 20.1. The van der Waals surface area contributed by atoms with Crippen molar-refractivity contribution in [1.82, 2.24) is 0 Å². The summed E-state index contributed by atoms with van der Waals surface area (Å²) in [5.41, 5.74) is 1.40. The first-order valence-corrected chi connectivity index (χ1v) is 11.2. The van der Waals surface area contributed by atoms with Gasteiger partial charge in [0.1, 0.15) is 12.4 Å².